The summed E-state index contributed by atoms with van der Waals surface area (Å²) >= 11 is 0. The van der Waals surface area contributed by atoms with Crippen LogP contribution in [0.15, 0.2) is 41.5 Å². The van der Waals surface area contributed by atoms with Crippen molar-refractivity contribution in [3.8, 4) is 0 Å². The Bertz CT molecular complexity index is 1310. The molecule has 14 heteroatoms. The molecule has 3 fully saturated rings. The molecule has 1 saturated heterocycles. The number of carbonyl (C=O) groups excluding carboxylic acids is 2. The minimum Gasteiger partial charge on any atom is -0.445 e. The van der Waals surface area contributed by atoms with Gasteiger partial charge in [-0.2, -0.15) is 0 Å². The molecule has 8 unspecified atom stereocenters. The van der Waals surface area contributed by atoms with Crippen LogP contribution in [0.5, 0.6) is 0 Å². The number of Topliss-reactive ketones (excluding diaryl/α,β-unsaturated/α-hetero) is 1. The molecule has 5 rings (SSSR count). The molecule has 7 N–H and O–H groups in total. The molecule has 1 heterocycles. The van der Waals surface area contributed by atoms with Crippen LogP contribution in [0.2, 0.25) is 0 Å². The molecular weight excluding hydrogens is 1030 g/mol. The van der Waals surface area contributed by atoms with Crippen molar-refractivity contribution in [3.63, 3.8) is 0 Å². The fourth-order valence-electron chi connectivity index (χ4n) is 8.91. The zero-order valence-electron chi connectivity index (χ0n) is 26.9. The van der Waals surface area contributed by atoms with Gasteiger partial charge in [0.25, 0.3) is 0 Å². The smallest absolute Gasteiger partial charge is 0.407 e. The minimum atomic E-state index is -1.77. The molecule has 11 atom stereocenters. The predicted octanol–water partition coefficient (Wildman–Crippen LogP) is 1.32. The Balaban J connectivity index is 0.00000288. The predicted molar refractivity (Wildman–Crippen MR) is 155 cm³/mol. The van der Waals surface area contributed by atoms with Gasteiger partial charge in [-0.25, -0.2) is 9.68 Å². The van der Waals surface area contributed by atoms with Crippen LogP contribution >= 0.6 is 0 Å². The summed E-state index contributed by atoms with van der Waals surface area (Å²) in [5.74, 6) is -3.44. The maximum Gasteiger partial charge on any atom is 0.407 e. The van der Waals surface area contributed by atoms with E-state index in [1.165, 1.54) is 6.92 Å². The molecule has 1 aromatic carbocycles. The third kappa shape index (κ3) is 6.41. The van der Waals surface area contributed by atoms with E-state index in [0.29, 0.717) is 5.57 Å². The molecule has 1 aromatic rings. The summed E-state index contributed by atoms with van der Waals surface area (Å²) in [6, 6.07) is 9.03. The molecule has 250 valence electrons. The SMILES string of the molecule is CC1=C2C(O)C(=O)[C@]3(C)C(O)CC4OC[C@@]4(O)C3C(C)C(O)(CC1[C@@H](OO)C(O)CNC(=O)OCc1ccccc1)C2(C)C.[Ac].[Ac]. The Hall–Kier alpha value is 0.463. The van der Waals surface area contributed by atoms with Crippen LogP contribution in [0.4, 0.5) is 4.79 Å². The second-order valence-electron chi connectivity index (χ2n) is 13.9. The van der Waals surface area contributed by atoms with Crippen LogP contribution in [0.25, 0.3) is 0 Å². The Kier molecular flexibility index (Phi) is 13.3. The van der Waals surface area contributed by atoms with Crippen molar-refractivity contribution in [1.82, 2.24) is 5.32 Å². The van der Waals surface area contributed by atoms with Gasteiger partial charge in [-0.1, -0.05) is 56.7 Å². The number of hydrogen-bond donors (Lipinski definition) is 7. The summed E-state index contributed by atoms with van der Waals surface area (Å²) < 4.78 is 10.8. The second kappa shape index (κ2) is 15.0. The van der Waals surface area contributed by atoms with E-state index in [1.807, 2.05) is 6.07 Å². The normalized spacial score (nSPS) is 39.1. The number of nitrogens with one attached hydrogen (secondary N) is 1. The van der Waals surface area contributed by atoms with E-state index in [1.54, 1.807) is 52.0 Å². The number of aliphatic hydroxyl groups excluding tert-OH is 3. The van der Waals surface area contributed by atoms with Gasteiger partial charge >= 0.3 is 6.09 Å². The van der Waals surface area contributed by atoms with Crippen LogP contribution in [0.1, 0.15) is 53.0 Å². The van der Waals surface area contributed by atoms with E-state index in [0.717, 1.165) is 5.56 Å². The maximum atomic E-state index is 14.2. The quantitative estimate of drug-likeness (QED) is 0.118. The summed E-state index contributed by atoms with van der Waals surface area (Å²) in [6.07, 6.45) is -7.52. The molecular formula is C32H45Ac2NO11. The van der Waals surface area contributed by atoms with Gasteiger partial charge in [-0.15, -0.1) is 0 Å². The average Bonchev–Trinajstić information content (AvgIpc) is 2.98. The minimum absolute atomic E-state index is 0. The van der Waals surface area contributed by atoms with Crippen LogP contribution in [-0.4, -0.2) is 97.5 Å². The van der Waals surface area contributed by atoms with Crippen LogP contribution < -0.4 is 5.32 Å². The molecule has 2 bridgehead atoms. The Morgan fingerprint density at radius 2 is 1.76 bits per heavy atom. The first-order valence-electron chi connectivity index (χ1n) is 15.2. The molecule has 1 aliphatic heterocycles. The third-order valence-corrected chi connectivity index (χ3v) is 11.5. The van der Waals surface area contributed by atoms with E-state index in [4.69, 9.17) is 14.4 Å². The Morgan fingerprint density at radius 3 is 2.33 bits per heavy atom. The van der Waals surface area contributed by atoms with E-state index >= 15 is 0 Å². The van der Waals surface area contributed by atoms with Gasteiger partial charge in [0.15, 0.2) is 5.78 Å². The molecule has 1 amide bonds. The average molecular weight is 1070 g/mol. The molecule has 4 aliphatic rings. The number of ketones is 1. The van der Waals surface area contributed by atoms with Crippen LogP contribution in [-0.2, 0) is 25.8 Å². The first-order chi connectivity index (χ1) is 20.6. The van der Waals surface area contributed by atoms with Gasteiger partial charge in [-0.3, -0.25) is 10.1 Å². The van der Waals surface area contributed by atoms with Crippen molar-refractivity contribution in [2.45, 2.75) is 95.8 Å². The fraction of sp³-hybridized carbons (Fsp3) is 0.688. The second-order valence-corrected chi connectivity index (χ2v) is 13.9. The van der Waals surface area contributed by atoms with Gasteiger partial charge in [0.05, 0.1) is 29.8 Å². The van der Waals surface area contributed by atoms with Crippen molar-refractivity contribution < 1.29 is 143 Å². The summed E-state index contributed by atoms with van der Waals surface area (Å²) in [4.78, 5) is 31.3. The van der Waals surface area contributed by atoms with Gasteiger partial charge in [0.2, 0.25) is 0 Å². The first kappa shape index (κ1) is 40.9. The number of benzene rings is 1. The van der Waals surface area contributed by atoms with Gasteiger partial charge in [0, 0.05) is 118 Å². The maximum absolute atomic E-state index is 14.2. The van der Waals surface area contributed by atoms with E-state index in [2.05, 4.69) is 5.32 Å². The molecule has 12 nitrogen and oxygen atoms in total. The Labute approximate surface area is 340 Å². The van der Waals surface area contributed by atoms with E-state index in [-0.39, 0.29) is 126 Å². The largest absolute Gasteiger partial charge is 0.445 e. The van der Waals surface area contributed by atoms with Crippen molar-refractivity contribution in [1.29, 1.82) is 0 Å². The van der Waals surface area contributed by atoms with Crippen LogP contribution in [0.3, 0.4) is 0 Å². The van der Waals surface area contributed by atoms with Gasteiger partial charge in [0.1, 0.15) is 30.5 Å². The number of aliphatic hydroxyl groups is 5. The topological polar surface area (TPSA) is 195 Å². The molecule has 0 aromatic heterocycles. The third-order valence-electron chi connectivity index (χ3n) is 11.5. The molecule has 2 saturated carbocycles. The van der Waals surface area contributed by atoms with Crippen molar-refractivity contribution in [3.05, 3.63) is 47.0 Å². The standard InChI is InChI=1S/C32H45NO11.2Ac/c1-16-19(25(44-41)20(34)13-33-28(38)42-14-18-9-7-6-8-10-18)12-32(40)17(2)26-30(5,21(35)11-22-31(26,39)15-43-22)27(37)24(36)23(16)29(32,3)4;;/h6-10,17,19-22,24-26,34-36,39-41H,11-15H2,1-5H3,(H,33,38);;/t17?,19?,20?,21?,22?,24?,25-,26?,30-,31+,32?;;/m1../s1. The summed E-state index contributed by atoms with van der Waals surface area (Å²) in [5, 5.41) is 71.1. The number of amides is 1. The molecule has 0 spiro atoms. The zero-order valence-corrected chi connectivity index (χ0v) is 36.4. The summed E-state index contributed by atoms with van der Waals surface area (Å²) in [5.41, 5.74) is -4.69. The summed E-state index contributed by atoms with van der Waals surface area (Å²) in [7, 11) is 0. The number of fused-ring (bicyclic) bond motifs is 5. The van der Waals surface area contributed by atoms with Gasteiger partial charge in [-0.05, 0) is 37.3 Å². The number of rotatable bonds is 7. The van der Waals surface area contributed by atoms with Crippen molar-refractivity contribution in [2.75, 3.05) is 13.2 Å². The number of alkyl carbamates (subject to hydrolysis) is 1. The number of ether oxygens (including phenoxy) is 2. The van der Waals surface area contributed by atoms with E-state index in [9.17, 15) is 40.4 Å². The van der Waals surface area contributed by atoms with Crippen LogP contribution in [0, 0.1) is 117 Å². The molecule has 2 radical (unpaired) electrons. The first-order valence-corrected chi connectivity index (χ1v) is 15.2. The number of hydrogen-bond acceptors (Lipinski definition) is 11. The summed E-state index contributed by atoms with van der Waals surface area (Å²) in [6.45, 7) is 7.87. The van der Waals surface area contributed by atoms with Gasteiger partial charge < -0.3 is 40.3 Å². The zero-order chi connectivity index (χ0) is 32.4. The van der Waals surface area contributed by atoms with Crippen molar-refractivity contribution in [2.24, 2.45) is 28.6 Å². The number of carbonyl (C=O) groups is 2. The monoisotopic (exact) mass is 1070 g/mol. The van der Waals surface area contributed by atoms with E-state index < -0.39 is 82.2 Å². The molecule has 46 heavy (non-hydrogen) atoms. The fourth-order valence-corrected chi connectivity index (χ4v) is 8.91. The van der Waals surface area contributed by atoms with Crippen molar-refractivity contribution >= 4 is 11.9 Å². The Morgan fingerprint density at radius 1 is 1.13 bits per heavy atom. The molecule has 3 aliphatic carbocycles.